The molecule has 2 aromatic heterocycles. The Morgan fingerprint density at radius 1 is 1.29 bits per heavy atom. The van der Waals surface area contributed by atoms with Gasteiger partial charge in [0.25, 0.3) is 5.56 Å². The highest BCUT2D eigenvalue weighted by Gasteiger charge is 2.22. The Bertz CT molecular complexity index is 796. The van der Waals surface area contributed by atoms with E-state index in [9.17, 15) is 4.79 Å². The van der Waals surface area contributed by atoms with Crippen LogP contribution in [0.15, 0.2) is 4.79 Å². The van der Waals surface area contributed by atoms with Gasteiger partial charge < -0.3 is 4.98 Å². The third-order valence-corrected chi connectivity index (χ3v) is 7.21. The molecule has 0 amide bonds. The van der Waals surface area contributed by atoms with Gasteiger partial charge in [-0.3, -0.25) is 9.36 Å². The van der Waals surface area contributed by atoms with Gasteiger partial charge in [-0.25, -0.2) is 0 Å². The first-order valence-electron chi connectivity index (χ1n) is 7.59. The predicted molar refractivity (Wildman–Crippen MR) is 93.3 cm³/mol. The minimum Gasteiger partial charge on any atom is -0.323 e. The molecule has 3 nitrogen and oxygen atoms in total. The Labute approximate surface area is 136 Å². The van der Waals surface area contributed by atoms with Crippen LogP contribution in [0.5, 0.6) is 0 Å². The van der Waals surface area contributed by atoms with E-state index >= 15 is 0 Å². The second-order valence-electron chi connectivity index (χ2n) is 5.96. The normalized spacial score (nSPS) is 19.2. The maximum absolute atomic E-state index is 12.9. The van der Waals surface area contributed by atoms with Gasteiger partial charge in [-0.15, -0.1) is 11.3 Å². The van der Waals surface area contributed by atoms with E-state index in [4.69, 9.17) is 12.2 Å². The number of aryl methyl sites for hydroxylation is 2. The summed E-state index contributed by atoms with van der Waals surface area (Å²) in [6.07, 6.45) is 5.76. The van der Waals surface area contributed by atoms with E-state index in [2.05, 4.69) is 4.98 Å². The van der Waals surface area contributed by atoms with Crippen LogP contribution in [0.3, 0.4) is 0 Å². The first-order valence-corrected chi connectivity index (χ1v) is 9.97. The molecule has 2 aromatic rings. The molecule has 112 valence electrons. The number of hydrogen-bond acceptors (Lipinski definition) is 4. The summed E-state index contributed by atoms with van der Waals surface area (Å²) in [6, 6.07) is 0. The van der Waals surface area contributed by atoms with Crippen molar-refractivity contribution in [1.82, 2.24) is 9.55 Å². The van der Waals surface area contributed by atoms with Gasteiger partial charge in [0.15, 0.2) is 4.77 Å². The maximum atomic E-state index is 12.9. The Morgan fingerprint density at radius 2 is 2.10 bits per heavy atom. The lowest BCUT2D eigenvalue weighted by molar-refractivity contribution is 0.406. The lowest BCUT2D eigenvalue weighted by Crippen LogP contribution is -2.27. The van der Waals surface area contributed by atoms with Crippen LogP contribution < -0.4 is 5.56 Å². The molecule has 0 radical (unpaired) electrons. The number of fused-ring (bicyclic) bond motifs is 3. The minimum absolute atomic E-state index is 0.145. The maximum Gasteiger partial charge on any atom is 0.263 e. The molecule has 0 saturated carbocycles. The summed E-state index contributed by atoms with van der Waals surface area (Å²) in [7, 11) is 0. The summed E-state index contributed by atoms with van der Waals surface area (Å²) in [5.74, 6) is 3.03. The van der Waals surface area contributed by atoms with Crippen LogP contribution in [0.1, 0.15) is 29.7 Å². The Morgan fingerprint density at radius 3 is 2.90 bits per heavy atom. The van der Waals surface area contributed by atoms with Crippen molar-refractivity contribution in [2.75, 3.05) is 11.5 Å². The molecule has 4 rings (SSSR count). The van der Waals surface area contributed by atoms with E-state index in [0.717, 1.165) is 29.6 Å². The summed E-state index contributed by atoms with van der Waals surface area (Å²) >= 11 is 9.20. The summed E-state index contributed by atoms with van der Waals surface area (Å²) in [6.45, 7) is 0.787. The molecule has 1 N–H and O–H groups in total. The number of thioether (sulfide) groups is 1. The SMILES string of the molecule is O=c1c2c3c(sc2[nH]c(=S)n1CC1CCSCC1)CCC3. The molecule has 0 unspecified atom stereocenters. The molecule has 21 heavy (non-hydrogen) atoms. The van der Waals surface area contributed by atoms with Crippen molar-refractivity contribution in [1.29, 1.82) is 0 Å². The molecule has 1 aliphatic heterocycles. The van der Waals surface area contributed by atoms with Gasteiger partial charge in [0.2, 0.25) is 0 Å². The number of hydrogen-bond donors (Lipinski definition) is 1. The van der Waals surface area contributed by atoms with Crippen LogP contribution >= 0.6 is 35.3 Å². The van der Waals surface area contributed by atoms with E-state index in [-0.39, 0.29) is 5.56 Å². The Kier molecular flexibility index (Phi) is 3.71. The molecule has 0 aromatic carbocycles. The monoisotopic (exact) mass is 338 g/mol. The molecule has 0 atom stereocenters. The summed E-state index contributed by atoms with van der Waals surface area (Å²) in [5, 5.41) is 0.922. The Hall–Kier alpha value is -0.590. The zero-order valence-corrected chi connectivity index (χ0v) is 14.3. The van der Waals surface area contributed by atoms with Crippen molar-refractivity contribution in [3.63, 3.8) is 0 Å². The van der Waals surface area contributed by atoms with Crippen molar-refractivity contribution in [3.05, 3.63) is 25.6 Å². The molecule has 2 aliphatic rings. The molecule has 3 heterocycles. The highest BCUT2D eigenvalue weighted by molar-refractivity contribution is 7.99. The lowest BCUT2D eigenvalue weighted by Gasteiger charge is -2.22. The van der Waals surface area contributed by atoms with Crippen LogP contribution in [0.25, 0.3) is 10.2 Å². The second kappa shape index (κ2) is 5.56. The molecular weight excluding hydrogens is 320 g/mol. The topological polar surface area (TPSA) is 37.8 Å². The number of aromatic amines is 1. The van der Waals surface area contributed by atoms with Gasteiger partial charge >= 0.3 is 0 Å². The van der Waals surface area contributed by atoms with Crippen molar-refractivity contribution < 1.29 is 0 Å². The molecular formula is C15H18N2OS3. The number of aromatic nitrogens is 2. The highest BCUT2D eigenvalue weighted by Crippen LogP contribution is 2.34. The standard InChI is InChI=1S/C15H18N2OS3/c18-14-12-10-2-1-3-11(10)21-13(12)16-15(19)17(14)8-9-4-6-20-7-5-9/h9H,1-8H2,(H,16,19). The fourth-order valence-electron chi connectivity index (χ4n) is 3.46. The molecule has 0 spiro atoms. The third-order valence-electron chi connectivity index (χ3n) is 4.63. The third kappa shape index (κ3) is 2.41. The average Bonchev–Trinajstić information content (AvgIpc) is 3.04. The van der Waals surface area contributed by atoms with E-state index in [1.165, 1.54) is 41.2 Å². The van der Waals surface area contributed by atoms with Gasteiger partial charge in [-0.2, -0.15) is 11.8 Å². The van der Waals surface area contributed by atoms with E-state index in [0.29, 0.717) is 10.7 Å². The number of rotatable bonds is 2. The fourth-order valence-corrected chi connectivity index (χ4v) is 6.27. The van der Waals surface area contributed by atoms with Crippen LogP contribution in [0, 0.1) is 10.7 Å². The van der Waals surface area contributed by atoms with Crippen LogP contribution in [-0.4, -0.2) is 21.1 Å². The number of nitrogens with zero attached hydrogens (tertiary/aromatic N) is 1. The van der Waals surface area contributed by atoms with Crippen molar-refractivity contribution in [3.8, 4) is 0 Å². The molecule has 1 aliphatic carbocycles. The number of nitrogens with one attached hydrogen (secondary N) is 1. The smallest absolute Gasteiger partial charge is 0.263 e. The first kappa shape index (κ1) is 14.0. The predicted octanol–water partition coefficient (Wildman–Crippen LogP) is 3.75. The fraction of sp³-hybridized carbons (Fsp3) is 0.600. The quantitative estimate of drug-likeness (QED) is 0.848. The van der Waals surface area contributed by atoms with Gasteiger partial charge in [0.05, 0.1) is 5.39 Å². The van der Waals surface area contributed by atoms with Crippen LogP contribution in [0.2, 0.25) is 0 Å². The summed E-state index contributed by atoms with van der Waals surface area (Å²) in [4.78, 5) is 18.6. The zero-order valence-electron chi connectivity index (χ0n) is 11.8. The summed E-state index contributed by atoms with van der Waals surface area (Å²) in [5.41, 5.74) is 1.44. The lowest BCUT2D eigenvalue weighted by atomic mass is 10.0. The van der Waals surface area contributed by atoms with E-state index in [1.54, 1.807) is 11.3 Å². The molecule has 1 saturated heterocycles. The largest absolute Gasteiger partial charge is 0.323 e. The zero-order chi connectivity index (χ0) is 14.4. The van der Waals surface area contributed by atoms with E-state index in [1.807, 2.05) is 16.3 Å². The van der Waals surface area contributed by atoms with Gasteiger partial charge in [-0.05, 0) is 67.3 Å². The minimum atomic E-state index is 0.145. The van der Waals surface area contributed by atoms with Gasteiger partial charge in [-0.1, -0.05) is 0 Å². The van der Waals surface area contributed by atoms with Crippen molar-refractivity contribution >= 4 is 45.5 Å². The van der Waals surface area contributed by atoms with Gasteiger partial charge in [0.1, 0.15) is 4.83 Å². The summed E-state index contributed by atoms with van der Waals surface area (Å²) < 4.78 is 2.43. The average molecular weight is 339 g/mol. The van der Waals surface area contributed by atoms with E-state index < -0.39 is 0 Å². The number of H-pyrrole nitrogens is 1. The van der Waals surface area contributed by atoms with Crippen molar-refractivity contribution in [2.24, 2.45) is 5.92 Å². The molecule has 6 heteroatoms. The van der Waals surface area contributed by atoms with Crippen LogP contribution in [0.4, 0.5) is 0 Å². The highest BCUT2D eigenvalue weighted by atomic mass is 32.2. The van der Waals surface area contributed by atoms with Crippen LogP contribution in [-0.2, 0) is 19.4 Å². The Balaban J connectivity index is 1.81. The first-order chi connectivity index (χ1) is 10.2. The van der Waals surface area contributed by atoms with Crippen molar-refractivity contribution in [2.45, 2.75) is 38.6 Å². The molecule has 0 bridgehead atoms. The second-order valence-corrected chi connectivity index (χ2v) is 8.68. The molecule has 1 fully saturated rings. The number of thiophene rings is 1. The van der Waals surface area contributed by atoms with Gasteiger partial charge in [0, 0.05) is 11.4 Å².